The van der Waals surface area contributed by atoms with Crippen molar-refractivity contribution in [3.8, 4) is 6.07 Å². The molecule has 20 heavy (non-hydrogen) atoms. The number of carboxylic acids is 1. The summed E-state index contributed by atoms with van der Waals surface area (Å²) >= 11 is 0. The monoisotopic (exact) mass is 275 g/mol. The standard InChI is InChI=1S/C14H17N3O3/c1-2-5-11(8-13(18)19)16-14(20)17-12-7-4-3-6-10(12)9-15/h3-4,6-7,11H,2,5,8H2,1H3,(H,18,19)(H2,16,17,20). The molecular weight excluding hydrogens is 258 g/mol. The maximum atomic E-state index is 11.8. The summed E-state index contributed by atoms with van der Waals surface area (Å²) in [6, 6.07) is 7.66. The van der Waals surface area contributed by atoms with Gasteiger partial charge in [-0.2, -0.15) is 5.26 Å². The number of carbonyl (C=O) groups excluding carboxylic acids is 1. The highest BCUT2D eigenvalue weighted by molar-refractivity contribution is 5.91. The number of para-hydroxylation sites is 1. The third-order valence-electron chi connectivity index (χ3n) is 2.69. The van der Waals surface area contributed by atoms with Crippen LogP contribution in [0.15, 0.2) is 24.3 Å². The second kappa shape index (κ2) is 7.79. The minimum Gasteiger partial charge on any atom is -0.481 e. The van der Waals surface area contributed by atoms with Gasteiger partial charge in [0.25, 0.3) is 0 Å². The van der Waals surface area contributed by atoms with Crippen molar-refractivity contribution in [2.45, 2.75) is 32.2 Å². The molecule has 1 aromatic carbocycles. The average Bonchev–Trinajstić information content (AvgIpc) is 2.38. The summed E-state index contributed by atoms with van der Waals surface area (Å²) in [6.45, 7) is 1.92. The summed E-state index contributed by atoms with van der Waals surface area (Å²) in [5, 5.41) is 22.9. The average molecular weight is 275 g/mol. The highest BCUT2D eigenvalue weighted by Gasteiger charge is 2.15. The van der Waals surface area contributed by atoms with Gasteiger partial charge in [0, 0.05) is 6.04 Å². The van der Waals surface area contributed by atoms with E-state index >= 15 is 0 Å². The third kappa shape index (κ3) is 4.98. The lowest BCUT2D eigenvalue weighted by Gasteiger charge is -2.17. The van der Waals surface area contributed by atoms with E-state index in [1.807, 2.05) is 13.0 Å². The molecule has 0 aliphatic carbocycles. The first-order chi connectivity index (χ1) is 9.56. The summed E-state index contributed by atoms with van der Waals surface area (Å²) < 4.78 is 0. The van der Waals surface area contributed by atoms with E-state index < -0.39 is 18.0 Å². The zero-order valence-corrected chi connectivity index (χ0v) is 11.2. The van der Waals surface area contributed by atoms with Gasteiger partial charge in [-0.15, -0.1) is 0 Å². The van der Waals surface area contributed by atoms with E-state index in [1.54, 1.807) is 24.3 Å². The lowest BCUT2D eigenvalue weighted by molar-refractivity contribution is -0.137. The van der Waals surface area contributed by atoms with Crippen molar-refractivity contribution < 1.29 is 14.7 Å². The second-order valence-corrected chi connectivity index (χ2v) is 4.34. The van der Waals surface area contributed by atoms with Gasteiger partial charge in [0.15, 0.2) is 0 Å². The number of carboxylic acid groups (broad SMARTS) is 1. The third-order valence-corrected chi connectivity index (χ3v) is 2.69. The topological polar surface area (TPSA) is 102 Å². The number of anilines is 1. The lowest BCUT2D eigenvalue weighted by Crippen LogP contribution is -2.39. The maximum absolute atomic E-state index is 11.8. The lowest BCUT2D eigenvalue weighted by atomic mass is 10.1. The molecule has 106 valence electrons. The van der Waals surface area contributed by atoms with Crippen LogP contribution in [0, 0.1) is 11.3 Å². The maximum Gasteiger partial charge on any atom is 0.319 e. The molecule has 0 saturated heterocycles. The van der Waals surface area contributed by atoms with Crippen LogP contribution in [-0.2, 0) is 4.79 Å². The molecule has 3 N–H and O–H groups in total. The first kappa shape index (κ1) is 15.5. The molecule has 0 aromatic heterocycles. The van der Waals surface area contributed by atoms with Crippen LogP contribution in [0.2, 0.25) is 0 Å². The minimum absolute atomic E-state index is 0.124. The van der Waals surface area contributed by atoms with Gasteiger partial charge in [0.2, 0.25) is 0 Å². The quantitative estimate of drug-likeness (QED) is 0.741. The van der Waals surface area contributed by atoms with Crippen molar-refractivity contribution >= 4 is 17.7 Å². The van der Waals surface area contributed by atoms with Crippen LogP contribution in [0.5, 0.6) is 0 Å². The number of nitrogens with one attached hydrogen (secondary N) is 2. The summed E-state index contributed by atoms with van der Waals surface area (Å²) in [5.74, 6) is -0.957. The first-order valence-corrected chi connectivity index (χ1v) is 6.35. The van der Waals surface area contributed by atoms with E-state index in [0.29, 0.717) is 17.7 Å². The van der Waals surface area contributed by atoms with Crippen molar-refractivity contribution in [1.29, 1.82) is 5.26 Å². The fourth-order valence-corrected chi connectivity index (χ4v) is 1.82. The number of rotatable bonds is 6. The fraction of sp³-hybridized carbons (Fsp3) is 0.357. The summed E-state index contributed by atoms with van der Waals surface area (Å²) in [6.07, 6.45) is 1.23. The van der Waals surface area contributed by atoms with Crippen LogP contribution < -0.4 is 10.6 Å². The van der Waals surface area contributed by atoms with E-state index in [4.69, 9.17) is 10.4 Å². The van der Waals surface area contributed by atoms with Crippen molar-refractivity contribution in [2.75, 3.05) is 5.32 Å². The summed E-state index contributed by atoms with van der Waals surface area (Å²) in [7, 11) is 0. The largest absolute Gasteiger partial charge is 0.481 e. The van der Waals surface area contributed by atoms with Gasteiger partial charge in [-0.1, -0.05) is 25.5 Å². The van der Waals surface area contributed by atoms with Gasteiger partial charge in [-0.25, -0.2) is 4.79 Å². The Hall–Kier alpha value is -2.55. The highest BCUT2D eigenvalue weighted by atomic mass is 16.4. The molecule has 1 aromatic rings. The Kier molecular flexibility index (Phi) is 6.04. The molecule has 2 amide bonds. The van der Waals surface area contributed by atoms with Crippen LogP contribution in [0.3, 0.4) is 0 Å². The normalized spacial score (nSPS) is 11.2. The molecule has 0 spiro atoms. The van der Waals surface area contributed by atoms with E-state index in [-0.39, 0.29) is 6.42 Å². The molecular formula is C14H17N3O3. The van der Waals surface area contributed by atoms with Crippen LogP contribution in [0.1, 0.15) is 31.7 Å². The Morgan fingerprint density at radius 1 is 1.40 bits per heavy atom. The fourth-order valence-electron chi connectivity index (χ4n) is 1.82. The number of hydrogen-bond donors (Lipinski definition) is 3. The number of nitrogens with zero attached hydrogens (tertiary/aromatic N) is 1. The van der Waals surface area contributed by atoms with Crippen LogP contribution in [0.25, 0.3) is 0 Å². The smallest absolute Gasteiger partial charge is 0.319 e. The molecule has 0 saturated carbocycles. The Bertz CT molecular complexity index is 523. The van der Waals surface area contributed by atoms with Gasteiger partial charge < -0.3 is 15.7 Å². The molecule has 1 atom stereocenters. The van der Waals surface area contributed by atoms with Crippen LogP contribution in [0.4, 0.5) is 10.5 Å². The van der Waals surface area contributed by atoms with E-state index in [9.17, 15) is 9.59 Å². The molecule has 0 aliphatic heterocycles. The highest BCUT2D eigenvalue weighted by Crippen LogP contribution is 2.13. The molecule has 6 nitrogen and oxygen atoms in total. The molecule has 0 heterocycles. The second-order valence-electron chi connectivity index (χ2n) is 4.34. The molecule has 0 aliphatic rings. The predicted molar refractivity (Wildman–Crippen MR) is 74.3 cm³/mol. The van der Waals surface area contributed by atoms with Gasteiger partial charge in [0.1, 0.15) is 6.07 Å². The SMILES string of the molecule is CCCC(CC(=O)O)NC(=O)Nc1ccccc1C#N. The van der Waals surface area contributed by atoms with Crippen molar-refractivity contribution in [2.24, 2.45) is 0 Å². The Morgan fingerprint density at radius 2 is 2.10 bits per heavy atom. The Morgan fingerprint density at radius 3 is 2.70 bits per heavy atom. The van der Waals surface area contributed by atoms with Crippen LogP contribution >= 0.6 is 0 Å². The minimum atomic E-state index is -0.957. The molecule has 0 radical (unpaired) electrons. The van der Waals surface area contributed by atoms with Gasteiger partial charge in [-0.3, -0.25) is 4.79 Å². The molecule has 6 heteroatoms. The van der Waals surface area contributed by atoms with Crippen molar-refractivity contribution in [3.63, 3.8) is 0 Å². The Labute approximate surface area is 117 Å². The van der Waals surface area contributed by atoms with Gasteiger partial charge >= 0.3 is 12.0 Å². The number of nitriles is 1. The first-order valence-electron chi connectivity index (χ1n) is 6.35. The van der Waals surface area contributed by atoms with Crippen molar-refractivity contribution in [1.82, 2.24) is 5.32 Å². The Balaban J connectivity index is 2.66. The molecule has 1 unspecified atom stereocenters. The number of amides is 2. The zero-order valence-electron chi connectivity index (χ0n) is 11.2. The van der Waals surface area contributed by atoms with Gasteiger partial charge in [-0.05, 0) is 18.6 Å². The number of urea groups is 1. The summed E-state index contributed by atoms with van der Waals surface area (Å²) in [4.78, 5) is 22.5. The van der Waals surface area contributed by atoms with E-state index in [2.05, 4.69) is 10.6 Å². The number of benzene rings is 1. The molecule has 0 fully saturated rings. The predicted octanol–water partition coefficient (Wildman–Crippen LogP) is 2.32. The van der Waals surface area contributed by atoms with Gasteiger partial charge in [0.05, 0.1) is 17.7 Å². The van der Waals surface area contributed by atoms with Crippen molar-refractivity contribution in [3.05, 3.63) is 29.8 Å². The van der Waals surface area contributed by atoms with E-state index in [1.165, 1.54) is 0 Å². The zero-order chi connectivity index (χ0) is 15.0. The van der Waals surface area contributed by atoms with E-state index in [0.717, 1.165) is 6.42 Å². The molecule has 1 rings (SSSR count). The summed E-state index contributed by atoms with van der Waals surface area (Å²) in [5.41, 5.74) is 0.756. The number of hydrogen-bond acceptors (Lipinski definition) is 3. The number of aliphatic carboxylic acids is 1. The molecule has 0 bridgehead atoms. The van der Waals surface area contributed by atoms with Crippen LogP contribution in [-0.4, -0.2) is 23.1 Å². The number of carbonyl (C=O) groups is 2.